The second kappa shape index (κ2) is 16.7. The number of hydrogen-bond donors (Lipinski definition) is 1. The van der Waals surface area contributed by atoms with Gasteiger partial charge in [0.25, 0.3) is 10.1 Å². The fourth-order valence-electron chi connectivity index (χ4n) is 2.67. The van der Waals surface area contributed by atoms with Crippen molar-refractivity contribution in [3.8, 4) is 0 Å². The maximum atomic E-state index is 10.5. The first-order valence-corrected chi connectivity index (χ1v) is 11.2. The van der Waals surface area contributed by atoms with Crippen LogP contribution in [0.2, 0.25) is 0 Å². The van der Waals surface area contributed by atoms with Gasteiger partial charge in [0.15, 0.2) is 0 Å². The third kappa shape index (κ3) is 21.9. The van der Waals surface area contributed by atoms with Gasteiger partial charge in [-0.1, -0.05) is 84.0 Å². The summed E-state index contributed by atoms with van der Waals surface area (Å²) in [4.78, 5) is 0. The summed E-state index contributed by atoms with van der Waals surface area (Å²) >= 11 is 0. The molecule has 0 aromatic carbocycles. The van der Waals surface area contributed by atoms with Crippen LogP contribution < -0.4 is 0 Å². The molecule has 0 aliphatic rings. The van der Waals surface area contributed by atoms with Gasteiger partial charge in [0.05, 0.1) is 5.75 Å². The van der Waals surface area contributed by atoms with Crippen LogP contribution in [0.5, 0.6) is 0 Å². The van der Waals surface area contributed by atoms with Crippen molar-refractivity contribution in [3.05, 3.63) is 0 Å². The average molecular weight is 351 g/mol. The summed E-state index contributed by atoms with van der Waals surface area (Å²) in [6, 6.07) is 0. The fourth-order valence-corrected chi connectivity index (χ4v) is 3.15. The maximum Gasteiger partial charge on any atom is 0.264 e. The molecule has 0 fully saturated rings. The van der Waals surface area contributed by atoms with E-state index in [2.05, 4.69) is 6.92 Å². The summed E-state index contributed by atoms with van der Waals surface area (Å²) in [5, 5.41) is 0. The van der Waals surface area contributed by atoms with Gasteiger partial charge in [-0.25, -0.2) is 0 Å². The van der Waals surface area contributed by atoms with E-state index in [0.29, 0.717) is 19.6 Å². The minimum absolute atomic E-state index is 0.203. The quantitative estimate of drug-likeness (QED) is 0.266. The van der Waals surface area contributed by atoms with Crippen molar-refractivity contribution >= 4 is 10.1 Å². The lowest BCUT2D eigenvalue weighted by Crippen LogP contribution is -2.07. The molecule has 140 valence electrons. The van der Waals surface area contributed by atoms with E-state index in [4.69, 9.17) is 9.29 Å². The van der Waals surface area contributed by atoms with Gasteiger partial charge < -0.3 is 4.74 Å². The van der Waals surface area contributed by atoms with Gasteiger partial charge in [0.2, 0.25) is 0 Å². The first-order valence-electron chi connectivity index (χ1n) is 9.59. The highest BCUT2D eigenvalue weighted by atomic mass is 32.2. The molecule has 5 heteroatoms. The number of ether oxygens (including phenoxy) is 1. The molecule has 0 spiro atoms. The average Bonchev–Trinajstić information content (AvgIpc) is 2.49. The molecule has 0 saturated carbocycles. The standard InChI is InChI=1S/C18H38O4S/c1-2-3-4-5-6-7-8-9-10-11-12-13-14-16-22-17-15-18-23(19,20)21/h2-18H2,1H3,(H,19,20,21). The van der Waals surface area contributed by atoms with E-state index in [1.807, 2.05) is 0 Å². The van der Waals surface area contributed by atoms with Gasteiger partial charge in [0, 0.05) is 13.2 Å². The molecular weight excluding hydrogens is 312 g/mol. The van der Waals surface area contributed by atoms with E-state index in [0.717, 1.165) is 6.42 Å². The van der Waals surface area contributed by atoms with Crippen molar-refractivity contribution in [3.63, 3.8) is 0 Å². The van der Waals surface area contributed by atoms with Gasteiger partial charge in [-0.3, -0.25) is 4.55 Å². The molecule has 0 saturated heterocycles. The van der Waals surface area contributed by atoms with Crippen LogP contribution in [0.1, 0.15) is 96.8 Å². The van der Waals surface area contributed by atoms with E-state index in [1.165, 1.54) is 77.0 Å². The SMILES string of the molecule is CCCCCCCCCCCCCCCOCCCS(=O)(=O)O. The summed E-state index contributed by atoms with van der Waals surface area (Å²) < 4.78 is 34.9. The number of rotatable bonds is 18. The number of hydrogen-bond acceptors (Lipinski definition) is 3. The summed E-state index contributed by atoms with van der Waals surface area (Å²) in [6.45, 7) is 3.37. The molecule has 0 bridgehead atoms. The molecule has 1 N–H and O–H groups in total. The van der Waals surface area contributed by atoms with Gasteiger partial charge in [0.1, 0.15) is 0 Å². The first kappa shape index (κ1) is 22.9. The predicted octanol–water partition coefficient (Wildman–Crippen LogP) is 5.37. The van der Waals surface area contributed by atoms with Crippen molar-refractivity contribution in [2.24, 2.45) is 0 Å². The topological polar surface area (TPSA) is 63.6 Å². The smallest absolute Gasteiger partial charge is 0.264 e. The van der Waals surface area contributed by atoms with Crippen molar-refractivity contribution < 1.29 is 17.7 Å². The molecule has 0 unspecified atom stereocenters. The summed E-state index contributed by atoms with van der Waals surface area (Å²) in [6.07, 6.45) is 17.7. The Balaban J connectivity index is 3.03. The van der Waals surface area contributed by atoms with Crippen LogP contribution in [-0.2, 0) is 14.9 Å². The molecule has 23 heavy (non-hydrogen) atoms. The second-order valence-electron chi connectivity index (χ2n) is 6.49. The van der Waals surface area contributed by atoms with E-state index in [-0.39, 0.29) is 5.75 Å². The van der Waals surface area contributed by atoms with Crippen LogP contribution in [-0.4, -0.2) is 31.9 Å². The highest BCUT2D eigenvalue weighted by molar-refractivity contribution is 7.85. The molecule has 0 radical (unpaired) electrons. The van der Waals surface area contributed by atoms with Crippen molar-refractivity contribution in [1.29, 1.82) is 0 Å². The third-order valence-corrected chi connectivity index (χ3v) is 4.89. The lowest BCUT2D eigenvalue weighted by atomic mass is 10.0. The predicted molar refractivity (Wildman–Crippen MR) is 97.5 cm³/mol. The first-order chi connectivity index (χ1) is 11.1. The van der Waals surface area contributed by atoms with E-state index in [1.54, 1.807) is 0 Å². The lowest BCUT2D eigenvalue weighted by Gasteiger charge is -2.04. The number of unbranched alkanes of at least 4 members (excludes halogenated alkanes) is 12. The molecule has 0 aliphatic carbocycles. The normalized spacial score (nSPS) is 11.9. The van der Waals surface area contributed by atoms with Crippen molar-refractivity contribution in [1.82, 2.24) is 0 Å². The molecule has 0 rings (SSSR count). The Morgan fingerprint density at radius 1 is 0.652 bits per heavy atom. The molecule has 4 nitrogen and oxygen atoms in total. The van der Waals surface area contributed by atoms with Crippen LogP contribution in [0, 0.1) is 0 Å². The second-order valence-corrected chi connectivity index (χ2v) is 8.07. The van der Waals surface area contributed by atoms with Gasteiger partial charge in [-0.15, -0.1) is 0 Å². The highest BCUT2D eigenvalue weighted by Gasteiger charge is 2.02. The minimum atomic E-state index is -3.82. The van der Waals surface area contributed by atoms with Crippen LogP contribution in [0.25, 0.3) is 0 Å². The van der Waals surface area contributed by atoms with Gasteiger partial charge in [-0.05, 0) is 12.8 Å². The Morgan fingerprint density at radius 2 is 1.04 bits per heavy atom. The van der Waals surface area contributed by atoms with Crippen LogP contribution in [0.15, 0.2) is 0 Å². The minimum Gasteiger partial charge on any atom is -0.381 e. The zero-order valence-corrected chi connectivity index (χ0v) is 15.9. The van der Waals surface area contributed by atoms with Crippen LogP contribution >= 0.6 is 0 Å². The summed E-state index contributed by atoms with van der Waals surface area (Å²) in [5.74, 6) is -0.203. The van der Waals surface area contributed by atoms with Crippen LogP contribution in [0.3, 0.4) is 0 Å². The molecule has 0 heterocycles. The van der Waals surface area contributed by atoms with Gasteiger partial charge >= 0.3 is 0 Å². The van der Waals surface area contributed by atoms with E-state index < -0.39 is 10.1 Å². The largest absolute Gasteiger partial charge is 0.381 e. The monoisotopic (exact) mass is 350 g/mol. The Hall–Kier alpha value is -0.130. The van der Waals surface area contributed by atoms with Crippen molar-refractivity contribution in [2.45, 2.75) is 96.8 Å². The van der Waals surface area contributed by atoms with Crippen molar-refractivity contribution in [2.75, 3.05) is 19.0 Å². The summed E-state index contributed by atoms with van der Waals surface area (Å²) in [5.41, 5.74) is 0. The summed E-state index contributed by atoms with van der Waals surface area (Å²) in [7, 11) is -3.82. The third-order valence-electron chi connectivity index (χ3n) is 4.08. The van der Waals surface area contributed by atoms with E-state index in [9.17, 15) is 8.42 Å². The Labute approximate surface area is 144 Å². The zero-order chi connectivity index (χ0) is 17.2. The molecule has 0 amide bonds. The maximum absolute atomic E-state index is 10.5. The molecule has 0 atom stereocenters. The lowest BCUT2D eigenvalue weighted by molar-refractivity contribution is 0.130. The van der Waals surface area contributed by atoms with Gasteiger partial charge in [-0.2, -0.15) is 8.42 Å². The molecule has 0 aromatic heterocycles. The highest BCUT2D eigenvalue weighted by Crippen LogP contribution is 2.12. The molecular formula is C18H38O4S. The van der Waals surface area contributed by atoms with Crippen LogP contribution in [0.4, 0.5) is 0 Å². The Bertz CT molecular complexity index is 328. The van der Waals surface area contributed by atoms with E-state index >= 15 is 0 Å². The zero-order valence-electron chi connectivity index (χ0n) is 15.1. The molecule has 0 aliphatic heterocycles. The Kier molecular flexibility index (Phi) is 16.6. The Morgan fingerprint density at radius 3 is 1.48 bits per heavy atom. The fraction of sp³-hybridized carbons (Fsp3) is 1.00. The molecule has 0 aromatic rings.